The molecule has 1 aliphatic rings. The molecule has 5 rings (SSSR count). The van der Waals surface area contributed by atoms with Crippen molar-refractivity contribution in [1.82, 2.24) is 19.7 Å². The van der Waals surface area contributed by atoms with E-state index >= 15 is 0 Å². The number of benzene rings is 2. The first-order chi connectivity index (χ1) is 16.9. The maximum Gasteiger partial charge on any atom is 0.271 e. The molecule has 1 fully saturated rings. The van der Waals surface area contributed by atoms with E-state index in [1.807, 2.05) is 6.07 Å². The van der Waals surface area contributed by atoms with E-state index in [4.69, 9.17) is 4.98 Å². The molecule has 7 nitrogen and oxygen atoms in total. The van der Waals surface area contributed by atoms with Crippen molar-refractivity contribution in [1.29, 1.82) is 0 Å². The smallest absolute Gasteiger partial charge is 0.271 e. The van der Waals surface area contributed by atoms with E-state index in [-0.39, 0.29) is 18.0 Å². The van der Waals surface area contributed by atoms with Crippen LogP contribution in [0.4, 0.5) is 9.52 Å². The van der Waals surface area contributed by atoms with Gasteiger partial charge in [0.1, 0.15) is 11.5 Å². The molecule has 1 saturated heterocycles. The van der Waals surface area contributed by atoms with Crippen LogP contribution in [0.1, 0.15) is 12.0 Å². The zero-order valence-electron chi connectivity index (χ0n) is 19.6. The van der Waals surface area contributed by atoms with Crippen molar-refractivity contribution in [2.75, 3.05) is 32.1 Å². The van der Waals surface area contributed by atoms with Gasteiger partial charge >= 0.3 is 0 Å². The number of hydrogen-bond donors (Lipinski definition) is 1. The topological polar surface area (TPSA) is 74.5 Å². The summed E-state index contributed by atoms with van der Waals surface area (Å²) >= 11 is 1.52. The number of nitrogens with zero attached hydrogens (tertiary/aromatic N) is 5. The lowest BCUT2D eigenvalue weighted by atomic mass is 10.1. The number of hydrogen-bond acceptors (Lipinski definition) is 7. The molecule has 1 unspecified atom stereocenters. The summed E-state index contributed by atoms with van der Waals surface area (Å²) < 4.78 is 15.0. The van der Waals surface area contributed by atoms with Crippen molar-refractivity contribution in [3.05, 3.63) is 82.4 Å². The van der Waals surface area contributed by atoms with Gasteiger partial charge in [-0.2, -0.15) is 9.78 Å². The maximum atomic E-state index is 13.7. The molecule has 0 spiro atoms. The SMILES string of the molecule is CN(C)C1CCN(c2nc(-c3ccc(F)cc3)c(-c3ccc(=O)n(-c4ccccc4CO)n3)s2)C1. The molecule has 0 bridgehead atoms. The molecule has 1 aliphatic heterocycles. The van der Waals surface area contributed by atoms with E-state index in [0.717, 1.165) is 35.1 Å². The second kappa shape index (κ2) is 9.69. The molecule has 2 aromatic carbocycles. The second-order valence-corrected chi connectivity index (χ2v) is 9.77. The van der Waals surface area contributed by atoms with Crippen molar-refractivity contribution < 1.29 is 9.50 Å². The first-order valence-electron chi connectivity index (χ1n) is 11.4. The fourth-order valence-corrected chi connectivity index (χ4v) is 5.40. The van der Waals surface area contributed by atoms with E-state index in [1.165, 1.54) is 34.2 Å². The second-order valence-electron chi connectivity index (χ2n) is 8.79. The lowest BCUT2D eigenvalue weighted by Gasteiger charge is -2.19. The van der Waals surface area contributed by atoms with Crippen molar-refractivity contribution in [3.8, 4) is 27.5 Å². The highest BCUT2D eigenvalue weighted by molar-refractivity contribution is 7.19. The first-order valence-corrected chi connectivity index (χ1v) is 12.2. The molecule has 180 valence electrons. The molecule has 0 radical (unpaired) electrons. The number of para-hydroxylation sites is 1. The van der Waals surface area contributed by atoms with Crippen molar-refractivity contribution in [2.24, 2.45) is 0 Å². The Morgan fingerprint density at radius 3 is 2.60 bits per heavy atom. The van der Waals surface area contributed by atoms with Gasteiger partial charge in [-0.25, -0.2) is 9.37 Å². The molecule has 0 saturated carbocycles. The van der Waals surface area contributed by atoms with E-state index < -0.39 is 0 Å². The highest BCUT2D eigenvalue weighted by Crippen LogP contribution is 2.40. The van der Waals surface area contributed by atoms with Crippen LogP contribution in [0.5, 0.6) is 0 Å². The van der Waals surface area contributed by atoms with Gasteiger partial charge in [-0.1, -0.05) is 29.5 Å². The number of anilines is 1. The van der Waals surface area contributed by atoms with Gasteiger partial charge in [0.05, 0.1) is 22.9 Å². The number of rotatable bonds is 6. The number of aliphatic hydroxyl groups is 1. The molecule has 1 atom stereocenters. The number of thiazole rings is 1. The molecule has 0 aliphatic carbocycles. The van der Waals surface area contributed by atoms with Crippen molar-refractivity contribution in [3.63, 3.8) is 0 Å². The van der Waals surface area contributed by atoms with Crippen molar-refractivity contribution in [2.45, 2.75) is 19.1 Å². The minimum absolute atomic E-state index is 0.206. The summed E-state index contributed by atoms with van der Waals surface area (Å²) in [6.45, 7) is 1.57. The molecular formula is C26H26FN5O2S. The summed E-state index contributed by atoms with van der Waals surface area (Å²) in [5.74, 6) is -0.314. The average molecular weight is 492 g/mol. The summed E-state index contributed by atoms with van der Waals surface area (Å²) in [4.78, 5) is 23.0. The quantitative estimate of drug-likeness (QED) is 0.442. The van der Waals surface area contributed by atoms with Crippen LogP contribution in [0.15, 0.2) is 65.5 Å². The lowest BCUT2D eigenvalue weighted by molar-refractivity contribution is 0.281. The Labute approximate surface area is 206 Å². The molecule has 0 amide bonds. The Morgan fingerprint density at radius 1 is 1.11 bits per heavy atom. The summed E-state index contributed by atoms with van der Waals surface area (Å²) in [7, 11) is 4.17. The van der Waals surface area contributed by atoms with Gasteiger partial charge in [0, 0.05) is 36.3 Å². The Hall–Kier alpha value is -3.40. The van der Waals surface area contributed by atoms with Gasteiger partial charge in [-0.15, -0.1) is 0 Å². The van der Waals surface area contributed by atoms with Gasteiger partial charge in [0.25, 0.3) is 5.56 Å². The van der Waals surface area contributed by atoms with E-state index in [2.05, 4.69) is 29.0 Å². The Morgan fingerprint density at radius 2 is 1.89 bits per heavy atom. The van der Waals surface area contributed by atoms with Crippen LogP contribution in [0.25, 0.3) is 27.5 Å². The third-order valence-corrected chi connectivity index (χ3v) is 7.46. The van der Waals surface area contributed by atoms with Crippen LogP contribution < -0.4 is 10.5 Å². The average Bonchev–Trinajstić information content (AvgIpc) is 3.53. The standard InChI is InChI=1S/C26H26FN5O2S/c1-30(2)20-13-14-31(15-20)26-28-24(17-7-9-19(27)10-8-17)25(35-26)21-11-12-23(34)32(29-21)22-6-4-3-5-18(22)16-33/h3-12,20,33H,13-16H2,1-2H3. The molecule has 35 heavy (non-hydrogen) atoms. The zero-order valence-corrected chi connectivity index (χ0v) is 20.4. The fourth-order valence-electron chi connectivity index (χ4n) is 4.31. The number of likely N-dealkylation sites (N-methyl/N-ethyl adjacent to an activating group) is 1. The monoisotopic (exact) mass is 491 g/mol. The molecule has 2 aromatic heterocycles. The first kappa shape index (κ1) is 23.3. The summed E-state index contributed by atoms with van der Waals surface area (Å²) in [5, 5.41) is 15.3. The molecule has 9 heteroatoms. The van der Waals surface area contributed by atoms with Crippen LogP contribution in [-0.2, 0) is 6.61 Å². The van der Waals surface area contributed by atoms with Gasteiger partial charge in [0.2, 0.25) is 0 Å². The molecular weight excluding hydrogens is 465 g/mol. The van der Waals surface area contributed by atoms with Crippen molar-refractivity contribution >= 4 is 16.5 Å². The third-order valence-electron chi connectivity index (χ3n) is 6.32. The predicted molar refractivity (Wildman–Crippen MR) is 137 cm³/mol. The highest BCUT2D eigenvalue weighted by atomic mass is 32.1. The normalized spacial score (nSPS) is 15.8. The third kappa shape index (κ3) is 4.62. The maximum absolute atomic E-state index is 13.7. The minimum Gasteiger partial charge on any atom is -0.392 e. The van der Waals surface area contributed by atoms with Crippen LogP contribution in [0.2, 0.25) is 0 Å². The van der Waals surface area contributed by atoms with Crippen LogP contribution in [0.3, 0.4) is 0 Å². The van der Waals surface area contributed by atoms with Crippen LogP contribution >= 0.6 is 11.3 Å². The van der Waals surface area contributed by atoms with Gasteiger partial charge in [-0.3, -0.25) is 4.79 Å². The molecule has 3 heterocycles. The predicted octanol–water partition coefficient (Wildman–Crippen LogP) is 3.79. The Kier molecular flexibility index (Phi) is 6.46. The van der Waals surface area contributed by atoms with Gasteiger partial charge in [-0.05, 0) is 56.9 Å². The lowest BCUT2D eigenvalue weighted by Crippen LogP contribution is -2.31. The number of aliphatic hydroxyl groups excluding tert-OH is 1. The highest BCUT2D eigenvalue weighted by Gasteiger charge is 2.28. The largest absolute Gasteiger partial charge is 0.392 e. The van der Waals surface area contributed by atoms with E-state index in [0.29, 0.717) is 28.7 Å². The summed E-state index contributed by atoms with van der Waals surface area (Å²) in [6, 6.07) is 17.0. The van der Waals surface area contributed by atoms with Gasteiger partial charge < -0.3 is 14.9 Å². The fraction of sp³-hybridized carbons (Fsp3) is 0.269. The Bertz CT molecular complexity index is 1400. The van der Waals surface area contributed by atoms with Crippen LogP contribution in [0, 0.1) is 5.82 Å². The Balaban J connectivity index is 1.63. The molecule has 1 N–H and O–H groups in total. The van der Waals surface area contributed by atoms with E-state index in [1.54, 1.807) is 36.4 Å². The summed E-state index contributed by atoms with van der Waals surface area (Å²) in [6.07, 6.45) is 1.05. The zero-order chi connectivity index (χ0) is 24.5. The van der Waals surface area contributed by atoms with Gasteiger partial charge in [0.15, 0.2) is 5.13 Å². The van der Waals surface area contributed by atoms with E-state index in [9.17, 15) is 14.3 Å². The molecule has 4 aromatic rings. The minimum atomic E-state index is -0.314. The van der Waals surface area contributed by atoms with Crippen LogP contribution in [-0.4, -0.2) is 58.0 Å². The summed E-state index contributed by atoms with van der Waals surface area (Å²) in [5.41, 5.74) is 2.91. The number of halogens is 1. The number of aromatic nitrogens is 3.